The minimum atomic E-state index is 0.437. The van der Waals surface area contributed by atoms with Gasteiger partial charge in [0.1, 0.15) is 17.6 Å². The first kappa shape index (κ1) is 10.3. The first-order valence-electron chi connectivity index (χ1n) is 4.47. The van der Waals surface area contributed by atoms with E-state index in [4.69, 9.17) is 5.26 Å². The lowest BCUT2D eigenvalue weighted by molar-refractivity contribution is 1.18. The predicted octanol–water partition coefficient (Wildman–Crippen LogP) is 2.33. The highest BCUT2D eigenvalue weighted by Gasteiger charge is 1.93. The van der Waals surface area contributed by atoms with Gasteiger partial charge in [0, 0.05) is 6.54 Å². The van der Waals surface area contributed by atoms with E-state index < -0.39 is 0 Å². The second-order valence-electron chi connectivity index (χ2n) is 3.18. The number of nitriles is 1. The van der Waals surface area contributed by atoms with E-state index in [0.29, 0.717) is 5.69 Å². The van der Waals surface area contributed by atoms with Gasteiger partial charge in [0.05, 0.1) is 0 Å². The molecule has 14 heavy (non-hydrogen) atoms. The highest BCUT2D eigenvalue weighted by molar-refractivity contribution is 5.38. The van der Waals surface area contributed by atoms with Crippen molar-refractivity contribution in [3.8, 4) is 6.07 Å². The average Bonchev–Trinajstić information content (AvgIpc) is 2.18. The zero-order chi connectivity index (χ0) is 10.4. The van der Waals surface area contributed by atoms with Crippen molar-refractivity contribution in [2.24, 2.45) is 0 Å². The molecule has 0 aliphatic rings. The fourth-order valence-electron chi connectivity index (χ4n) is 0.955. The highest BCUT2D eigenvalue weighted by Crippen LogP contribution is 2.03. The number of allylic oxidation sites excluding steroid dienone is 1. The van der Waals surface area contributed by atoms with Crippen LogP contribution in [0.5, 0.6) is 0 Å². The van der Waals surface area contributed by atoms with Gasteiger partial charge < -0.3 is 5.32 Å². The summed E-state index contributed by atoms with van der Waals surface area (Å²) in [6, 6.07) is 7.35. The van der Waals surface area contributed by atoms with Gasteiger partial charge in [0.15, 0.2) is 0 Å². The number of pyridine rings is 1. The molecule has 0 atom stereocenters. The summed E-state index contributed by atoms with van der Waals surface area (Å²) in [5.74, 6) is 0.738. The van der Waals surface area contributed by atoms with Gasteiger partial charge in [-0.2, -0.15) is 5.26 Å². The molecule has 1 aromatic rings. The summed E-state index contributed by atoms with van der Waals surface area (Å²) in [6.45, 7) is 4.83. The number of hydrogen-bond acceptors (Lipinski definition) is 3. The molecule has 3 heteroatoms. The summed E-state index contributed by atoms with van der Waals surface area (Å²) in [4.78, 5) is 4.09. The minimum Gasteiger partial charge on any atom is -0.367 e. The normalized spacial score (nSPS) is 8.93. The van der Waals surface area contributed by atoms with Crippen LogP contribution in [-0.2, 0) is 0 Å². The maximum atomic E-state index is 8.62. The van der Waals surface area contributed by atoms with Gasteiger partial charge >= 0.3 is 0 Å². The van der Waals surface area contributed by atoms with E-state index in [1.54, 1.807) is 6.07 Å². The molecule has 1 rings (SSSR count). The van der Waals surface area contributed by atoms with Crippen LogP contribution in [0, 0.1) is 11.3 Å². The smallest absolute Gasteiger partial charge is 0.142 e. The Morgan fingerprint density at radius 1 is 1.57 bits per heavy atom. The maximum Gasteiger partial charge on any atom is 0.142 e. The summed E-state index contributed by atoms with van der Waals surface area (Å²) in [5.41, 5.74) is 1.70. The summed E-state index contributed by atoms with van der Waals surface area (Å²) in [6.07, 6.45) is 2.07. The highest BCUT2D eigenvalue weighted by atomic mass is 15.0. The number of nitrogens with one attached hydrogen (secondary N) is 1. The molecule has 1 heterocycles. The van der Waals surface area contributed by atoms with Crippen LogP contribution in [-0.4, -0.2) is 11.5 Å². The molecule has 0 amide bonds. The third kappa shape index (κ3) is 3.28. The van der Waals surface area contributed by atoms with E-state index >= 15 is 0 Å². The third-order valence-electron chi connectivity index (χ3n) is 1.66. The van der Waals surface area contributed by atoms with Crippen molar-refractivity contribution in [2.75, 3.05) is 11.9 Å². The zero-order valence-corrected chi connectivity index (χ0v) is 8.41. The Kier molecular flexibility index (Phi) is 3.69. The lowest BCUT2D eigenvalue weighted by atomic mass is 10.3. The summed E-state index contributed by atoms with van der Waals surface area (Å²) in [5, 5.41) is 11.7. The fourth-order valence-corrected chi connectivity index (χ4v) is 0.955. The van der Waals surface area contributed by atoms with Gasteiger partial charge in [-0.05, 0) is 26.0 Å². The summed E-state index contributed by atoms with van der Waals surface area (Å²) in [7, 11) is 0. The Morgan fingerprint density at radius 3 is 3.00 bits per heavy atom. The van der Waals surface area contributed by atoms with Crippen LogP contribution >= 0.6 is 0 Å². The molecule has 0 fully saturated rings. The van der Waals surface area contributed by atoms with Gasteiger partial charge in [0.25, 0.3) is 0 Å². The number of anilines is 1. The largest absolute Gasteiger partial charge is 0.367 e. The molecular weight excluding hydrogens is 174 g/mol. The molecule has 1 aromatic heterocycles. The third-order valence-corrected chi connectivity index (χ3v) is 1.66. The molecule has 0 radical (unpaired) electrons. The molecule has 0 aliphatic heterocycles. The fraction of sp³-hybridized carbons (Fsp3) is 0.273. The van der Waals surface area contributed by atoms with Crippen molar-refractivity contribution in [3.05, 3.63) is 35.5 Å². The molecule has 0 bridgehead atoms. The standard InChI is InChI=1S/C11H13N3/c1-9(2)6-7-13-11-5-3-4-10(8-12)14-11/h3-6H,7H2,1-2H3,(H,13,14). The molecule has 0 aliphatic carbocycles. The topological polar surface area (TPSA) is 48.7 Å². The van der Waals surface area contributed by atoms with Gasteiger partial charge in [0.2, 0.25) is 0 Å². The molecule has 1 N–H and O–H groups in total. The SMILES string of the molecule is CC(C)=CCNc1cccc(C#N)n1. The number of rotatable bonds is 3. The molecule has 0 saturated heterocycles. The van der Waals surface area contributed by atoms with Crippen LogP contribution in [0.2, 0.25) is 0 Å². The minimum absolute atomic E-state index is 0.437. The monoisotopic (exact) mass is 187 g/mol. The van der Waals surface area contributed by atoms with Gasteiger partial charge in [-0.25, -0.2) is 4.98 Å². The first-order chi connectivity index (χ1) is 6.72. The summed E-state index contributed by atoms with van der Waals surface area (Å²) < 4.78 is 0. The quantitative estimate of drug-likeness (QED) is 0.739. The maximum absolute atomic E-state index is 8.62. The zero-order valence-electron chi connectivity index (χ0n) is 8.41. The van der Waals surface area contributed by atoms with Crippen molar-refractivity contribution in [3.63, 3.8) is 0 Å². The molecule has 3 nitrogen and oxygen atoms in total. The molecule has 72 valence electrons. The number of nitrogens with zero attached hydrogens (tertiary/aromatic N) is 2. The van der Waals surface area contributed by atoms with Gasteiger partial charge in [-0.15, -0.1) is 0 Å². The van der Waals surface area contributed by atoms with E-state index in [2.05, 4.69) is 16.4 Å². The molecule has 0 aromatic carbocycles. The van der Waals surface area contributed by atoms with E-state index in [0.717, 1.165) is 12.4 Å². The van der Waals surface area contributed by atoms with Gasteiger partial charge in [-0.3, -0.25) is 0 Å². The van der Waals surface area contributed by atoms with Crippen LogP contribution in [0.1, 0.15) is 19.5 Å². The van der Waals surface area contributed by atoms with E-state index in [1.165, 1.54) is 5.57 Å². The Balaban J connectivity index is 2.60. The van der Waals surface area contributed by atoms with Crippen LogP contribution < -0.4 is 5.32 Å². The first-order valence-corrected chi connectivity index (χ1v) is 4.47. The van der Waals surface area contributed by atoms with Crippen molar-refractivity contribution >= 4 is 5.82 Å². The van der Waals surface area contributed by atoms with Crippen molar-refractivity contribution in [2.45, 2.75) is 13.8 Å². The Bertz CT molecular complexity index is 370. The molecule has 0 unspecified atom stereocenters. The van der Waals surface area contributed by atoms with E-state index in [-0.39, 0.29) is 0 Å². The second kappa shape index (κ2) is 5.03. The van der Waals surface area contributed by atoms with Crippen molar-refractivity contribution in [1.29, 1.82) is 5.26 Å². The molecule has 0 spiro atoms. The van der Waals surface area contributed by atoms with Crippen LogP contribution in [0.25, 0.3) is 0 Å². The molecular formula is C11H13N3. The number of aromatic nitrogens is 1. The Hall–Kier alpha value is -1.82. The number of hydrogen-bond donors (Lipinski definition) is 1. The van der Waals surface area contributed by atoms with E-state index in [9.17, 15) is 0 Å². The Labute approximate surface area is 84.1 Å². The van der Waals surface area contributed by atoms with Crippen LogP contribution in [0.15, 0.2) is 29.8 Å². The predicted molar refractivity (Wildman–Crippen MR) is 56.9 cm³/mol. The van der Waals surface area contributed by atoms with Gasteiger partial charge in [-0.1, -0.05) is 17.7 Å². The lowest BCUT2D eigenvalue weighted by Crippen LogP contribution is -2.01. The van der Waals surface area contributed by atoms with Crippen LogP contribution in [0.3, 0.4) is 0 Å². The lowest BCUT2D eigenvalue weighted by Gasteiger charge is -2.01. The summed E-state index contributed by atoms with van der Waals surface area (Å²) >= 11 is 0. The second-order valence-corrected chi connectivity index (χ2v) is 3.18. The van der Waals surface area contributed by atoms with E-state index in [1.807, 2.05) is 32.0 Å². The van der Waals surface area contributed by atoms with Crippen molar-refractivity contribution < 1.29 is 0 Å². The van der Waals surface area contributed by atoms with Crippen molar-refractivity contribution in [1.82, 2.24) is 4.98 Å². The average molecular weight is 187 g/mol. The molecule has 0 saturated carbocycles. The Morgan fingerprint density at radius 2 is 2.36 bits per heavy atom. The van der Waals surface area contributed by atoms with Crippen LogP contribution in [0.4, 0.5) is 5.82 Å².